The maximum Gasteiger partial charge on any atom is 0.315 e. The Morgan fingerprint density at radius 2 is 1.07 bits per heavy atom. The van der Waals surface area contributed by atoms with Crippen molar-refractivity contribution in [3.63, 3.8) is 0 Å². The van der Waals surface area contributed by atoms with Gasteiger partial charge in [0.15, 0.2) is 0 Å². The van der Waals surface area contributed by atoms with Crippen LogP contribution in [0.4, 0.5) is 4.79 Å². The van der Waals surface area contributed by atoms with Gasteiger partial charge in [-0.15, -0.1) is 0 Å². The lowest BCUT2D eigenvalue weighted by Crippen LogP contribution is -2.52. The third kappa shape index (κ3) is 8.55. The number of urea groups is 1. The zero-order valence-corrected chi connectivity index (χ0v) is 17.6. The van der Waals surface area contributed by atoms with Gasteiger partial charge in [0.2, 0.25) is 0 Å². The van der Waals surface area contributed by atoms with Crippen LogP contribution in [0.2, 0.25) is 0 Å². The lowest BCUT2D eigenvalue weighted by molar-refractivity contribution is 0.224. The smallest absolute Gasteiger partial charge is 0.315 e. The molecule has 0 heterocycles. The van der Waals surface area contributed by atoms with E-state index in [0.29, 0.717) is 0 Å². The number of rotatable bonds is 10. The fraction of sp³-hybridized carbons (Fsp3) is 0.435. The van der Waals surface area contributed by atoms with Crippen molar-refractivity contribution in [3.8, 4) is 0 Å². The molecule has 0 radical (unpaired) electrons. The summed E-state index contributed by atoms with van der Waals surface area (Å²) < 4.78 is 0. The summed E-state index contributed by atoms with van der Waals surface area (Å²) in [6.45, 7) is 1.58. The van der Waals surface area contributed by atoms with Crippen LogP contribution in [0.1, 0.15) is 11.1 Å². The molecule has 0 spiro atoms. The Labute approximate surface area is 169 Å². The summed E-state index contributed by atoms with van der Waals surface area (Å²) in [6, 6.07) is 20.6. The third-order valence-corrected chi connectivity index (χ3v) is 4.49. The highest BCUT2D eigenvalue weighted by Crippen LogP contribution is 2.06. The van der Waals surface area contributed by atoms with Gasteiger partial charge in [0.1, 0.15) is 0 Å². The molecule has 2 amide bonds. The van der Waals surface area contributed by atoms with Crippen molar-refractivity contribution in [2.24, 2.45) is 0 Å². The molecule has 0 fully saturated rings. The fourth-order valence-corrected chi connectivity index (χ4v) is 3.41. The van der Waals surface area contributed by atoms with Crippen LogP contribution in [0.3, 0.4) is 0 Å². The Morgan fingerprint density at radius 3 is 1.39 bits per heavy atom. The van der Waals surface area contributed by atoms with Crippen molar-refractivity contribution >= 4 is 6.03 Å². The fourth-order valence-electron chi connectivity index (χ4n) is 3.41. The van der Waals surface area contributed by atoms with Gasteiger partial charge in [-0.3, -0.25) is 0 Å². The van der Waals surface area contributed by atoms with Crippen molar-refractivity contribution in [1.82, 2.24) is 20.4 Å². The average molecular weight is 383 g/mol. The van der Waals surface area contributed by atoms with E-state index >= 15 is 0 Å². The molecule has 0 saturated carbocycles. The van der Waals surface area contributed by atoms with Crippen molar-refractivity contribution < 1.29 is 4.79 Å². The first-order valence-corrected chi connectivity index (χ1v) is 9.86. The predicted molar refractivity (Wildman–Crippen MR) is 117 cm³/mol. The molecule has 0 aliphatic heterocycles. The number of likely N-dealkylation sites (N-methyl/N-ethyl adjacent to an activating group) is 2. The van der Waals surface area contributed by atoms with E-state index in [9.17, 15) is 4.79 Å². The maximum absolute atomic E-state index is 12.7. The van der Waals surface area contributed by atoms with Crippen LogP contribution >= 0.6 is 0 Å². The number of hydrogen-bond donors (Lipinski definition) is 2. The second kappa shape index (κ2) is 11.5. The molecule has 2 atom stereocenters. The number of nitrogens with one attached hydrogen (secondary N) is 2. The highest BCUT2D eigenvalue weighted by Gasteiger charge is 2.18. The Bertz CT molecular complexity index is 629. The first-order valence-electron chi connectivity index (χ1n) is 9.86. The van der Waals surface area contributed by atoms with Crippen molar-refractivity contribution in [3.05, 3.63) is 71.8 Å². The predicted octanol–water partition coefficient (Wildman–Crippen LogP) is 2.63. The van der Waals surface area contributed by atoms with Crippen LogP contribution in [0.25, 0.3) is 0 Å². The first-order chi connectivity index (χ1) is 13.4. The van der Waals surface area contributed by atoms with E-state index < -0.39 is 0 Å². The van der Waals surface area contributed by atoms with E-state index in [2.05, 4.69) is 44.7 Å². The summed E-state index contributed by atoms with van der Waals surface area (Å²) in [7, 11) is 8.12. The average Bonchev–Trinajstić information content (AvgIpc) is 2.62. The molecule has 0 aliphatic carbocycles. The normalized spacial score (nSPS) is 13.4. The lowest BCUT2D eigenvalue weighted by atomic mass is 10.0. The molecule has 152 valence electrons. The molecule has 2 aromatic rings. The summed E-state index contributed by atoms with van der Waals surface area (Å²) in [5.74, 6) is 0. The number of benzene rings is 2. The van der Waals surface area contributed by atoms with Crippen LogP contribution in [-0.2, 0) is 12.8 Å². The number of nitrogens with zero attached hydrogens (tertiary/aromatic N) is 2. The topological polar surface area (TPSA) is 47.6 Å². The summed E-state index contributed by atoms with van der Waals surface area (Å²) in [4.78, 5) is 17.0. The van der Waals surface area contributed by atoms with Gasteiger partial charge in [-0.2, -0.15) is 0 Å². The minimum atomic E-state index is -0.106. The quantitative estimate of drug-likeness (QED) is 0.664. The second-order valence-electron chi connectivity index (χ2n) is 7.92. The number of carbonyl (C=O) groups is 1. The Balaban J connectivity index is 1.98. The highest BCUT2D eigenvalue weighted by atomic mass is 16.2. The van der Waals surface area contributed by atoms with E-state index in [4.69, 9.17) is 0 Å². The van der Waals surface area contributed by atoms with E-state index in [1.807, 2.05) is 64.6 Å². The molecule has 5 nitrogen and oxygen atoms in total. The molecule has 2 rings (SSSR count). The minimum Gasteiger partial charge on any atom is -0.334 e. The van der Waals surface area contributed by atoms with Crippen LogP contribution < -0.4 is 10.6 Å². The molecular formula is C23H34N4O. The standard InChI is InChI=1S/C23H34N4O/c1-26(2)17-21(15-19-11-7-5-8-12-19)24-23(28)25-22(18-27(3)4)16-20-13-9-6-10-14-20/h5-14,21-22H,15-18H2,1-4H3,(H2,24,25,28). The summed E-state index contributed by atoms with van der Waals surface area (Å²) >= 11 is 0. The number of amides is 2. The number of carbonyl (C=O) groups excluding carboxylic acids is 1. The van der Waals surface area contributed by atoms with Gasteiger partial charge in [0, 0.05) is 25.2 Å². The van der Waals surface area contributed by atoms with Gasteiger partial charge in [-0.05, 0) is 52.2 Å². The molecule has 2 N–H and O–H groups in total. The summed E-state index contributed by atoms with van der Waals surface area (Å²) in [6.07, 6.45) is 1.62. The summed E-state index contributed by atoms with van der Waals surface area (Å²) in [5.41, 5.74) is 2.45. The molecule has 28 heavy (non-hydrogen) atoms. The molecule has 0 aromatic heterocycles. The molecule has 2 unspecified atom stereocenters. The monoisotopic (exact) mass is 382 g/mol. The SMILES string of the molecule is CN(C)CC(Cc1ccccc1)NC(=O)NC(Cc1ccccc1)CN(C)C. The van der Waals surface area contributed by atoms with Gasteiger partial charge < -0.3 is 20.4 Å². The largest absolute Gasteiger partial charge is 0.334 e. The molecule has 2 aromatic carbocycles. The van der Waals surface area contributed by atoms with Crippen molar-refractivity contribution in [2.75, 3.05) is 41.3 Å². The lowest BCUT2D eigenvalue weighted by Gasteiger charge is -2.26. The van der Waals surface area contributed by atoms with Crippen LogP contribution in [0, 0.1) is 0 Å². The highest BCUT2D eigenvalue weighted by molar-refractivity contribution is 5.74. The van der Waals surface area contributed by atoms with E-state index in [0.717, 1.165) is 25.9 Å². The van der Waals surface area contributed by atoms with Crippen LogP contribution in [-0.4, -0.2) is 69.2 Å². The first kappa shape index (κ1) is 21.9. The van der Waals surface area contributed by atoms with Gasteiger partial charge in [-0.1, -0.05) is 60.7 Å². The van der Waals surface area contributed by atoms with E-state index in [1.165, 1.54) is 11.1 Å². The summed E-state index contributed by atoms with van der Waals surface area (Å²) in [5, 5.41) is 6.35. The zero-order chi connectivity index (χ0) is 20.4. The van der Waals surface area contributed by atoms with Gasteiger partial charge in [0.25, 0.3) is 0 Å². The van der Waals surface area contributed by atoms with Crippen molar-refractivity contribution in [1.29, 1.82) is 0 Å². The van der Waals surface area contributed by atoms with Crippen molar-refractivity contribution in [2.45, 2.75) is 24.9 Å². The maximum atomic E-state index is 12.7. The Hall–Kier alpha value is -2.37. The second-order valence-corrected chi connectivity index (χ2v) is 7.92. The zero-order valence-electron chi connectivity index (χ0n) is 17.6. The van der Waals surface area contributed by atoms with Gasteiger partial charge in [-0.25, -0.2) is 4.79 Å². The molecule has 0 saturated heterocycles. The van der Waals surface area contributed by atoms with Crippen LogP contribution in [0.15, 0.2) is 60.7 Å². The minimum absolute atomic E-state index is 0.0501. The van der Waals surface area contributed by atoms with E-state index in [1.54, 1.807) is 0 Å². The van der Waals surface area contributed by atoms with Crippen LogP contribution in [0.5, 0.6) is 0 Å². The third-order valence-electron chi connectivity index (χ3n) is 4.49. The Kier molecular flexibility index (Phi) is 8.98. The molecule has 0 bridgehead atoms. The number of hydrogen-bond acceptors (Lipinski definition) is 3. The molecule has 5 heteroatoms. The van der Waals surface area contributed by atoms with Gasteiger partial charge in [0.05, 0.1) is 0 Å². The molecule has 0 aliphatic rings. The van der Waals surface area contributed by atoms with E-state index in [-0.39, 0.29) is 18.1 Å². The Morgan fingerprint density at radius 1 is 0.714 bits per heavy atom. The van der Waals surface area contributed by atoms with Gasteiger partial charge >= 0.3 is 6.03 Å². The molecular weight excluding hydrogens is 348 g/mol.